The number of allylic oxidation sites excluding steroid dienone is 14. The molecule has 6 nitrogen and oxygen atoms in total. The molecule has 77 heavy (non-hydrogen) atoms. The van der Waals surface area contributed by atoms with E-state index in [2.05, 4.69) is 106 Å². The third-order valence-corrected chi connectivity index (χ3v) is 14.4. The standard InChI is InChI=1S/C71H124O6/c1-4-7-10-13-16-19-22-25-28-31-34-35-38-40-43-46-49-52-55-58-61-64-70(73)76-67-68(77-71(74)65-62-59-56-53-50-47-44-41-37-33-30-27-24-21-18-15-12-9-6-3)66-75-69(72)63-60-57-54-51-48-45-42-39-36-32-29-26-23-20-17-14-11-8-5-2/h9,12,18,21-22,25,27,30-31,34,37-38,40-41,68H,4-8,10-11,13-17,19-20,23-24,26,28-29,32-33,35-36,39,42-67H2,1-3H3/b12-9-,21-18-,25-22-,30-27-,34-31-,40-38-,41-37-. The lowest BCUT2D eigenvalue weighted by Crippen LogP contribution is -2.30. The summed E-state index contributed by atoms with van der Waals surface area (Å²) < 4.78 is 17.0. The first-order valence-corrected chi connectivity index (χ1v) is 33.1. The number of hydrogen-bond acceptors (Lipinski definition) is 6. The normalized spacial score (nSPS) is 12.6. The van der Waals surface area contributed by atoms with E-state index >= 15 is 0 Å². The zero-order chi connectivity index (χ0) is 55.7. The predicted octanol–water partition coefficient (Wildman–Crippen LogP) is 22.7. The van der Waals surface area contributed by atoms with Crippen LogP contribution in [0.15, 0.2) is 85.1 Å². The fourth-order valence-corrected chi connectivity index (χ4v) is 9.44. The summed E-state index contributed by atoms with van der Waals surface area (Å²) in [5.74, 6) is -0.895. The average molecular weight is 1070 g/mol. The summed E-state index contributed by atoms with van der Waals surface area (Å²) in [7, 11) is 0. The van der Waals surface area contributed by atoms with Crippen LogP contribution in [0.25, 0.3) is 0 Å². The van der Waals surface area contributed by atoms with E-state index in [-0.39, 0.29) is 31.1 Å². The van der Waals surface area contributed by atoms with E-state index in [0.29, 0.717) is 19.3 Å². The highest BCUT2D eigenvalue weighted by Gasteiger charge is 2.19. The fourth-order valence-electron chi connectivity index (χ4n) is 9.44. The molecule has 1 unspecified atom stereocenters. The van der Waals surface area contributed by atoms with Gasteiger partial charge in [-0.25, -0.2) is 0 Å². The Bertz CT molecular complexity index is 1470. The van der Waals surface area contributed by atoms with Crippen LogP contribution in [0.3, 0.4) is 0 Å². The lowest BCUT2D eigenvalue weighted by Gasteiger charge is -2.18. The maximum Gasteiger partial charge on any atom is 0.306 e. The van der Waals surface area contributed by atoms with Gasteiger partial charge in [0.1, 0.15) is 13.2 Å². The Morgan fingerprint density at radius 3 is 0.792 bits per heavy atom. The van der Waals surface area contributed by atoms with Crippen molar-refractivity contribution >= 4 is 17.9 Å². The van der Waals surface area contributed by atoms with Gasteiger partial charge in [0, 0.05) is 19.3 Å². The van der Waals surface area contributed by atoms with Crippen LogP contribution in [0.4, 0.5) is 0 Å². The Hall–Kier alpha value is -3.41. The molecule has 0 spiro atoms. The maximum absolute atomic E-state index is 12.9. The molecule has 0 aliphatic carbocycles. The third kappa shape index (κ3) is 63.3. The number of unbranched alkanes of at least 4 members (excludes halogenated alkanes) is 35. The summed E-state index contributed by atoms with van der Waals surface area (Å²) in [6, 6.07) is 0. The zero-order valence-corrected chi connectivity index (χ0v) is 51.0. The third-order valence-electron chi connectivity index (χ3n) is 14.4. The Labute approximate surface area is 477 Å². The molecule has 0 bridgehead atoms. The Balaban J connectivity index is 4.41. The second-order valence-corrected chi connectivity index (χ2v) is 22.0. The highest BCUT2D eigenvalue weighted by molar-refractivity contribution is 5.71. The molecule has 444 valence electrons. The molecule has 0 aliphatic rings. The van der Waals surface area contributed by atoms with Crippen molar-refractivity contribution in [3.05, 3.63) is 85.1 Å². The van der Waals surface area contributed by atoms with Crippen molar-refractivity contribution in [1.82, 2.24) is 0 Å². The van der Waals surface area contributed by atoms with Crippen LogP contribution in [0.1, 0.15) is 329 Å². The molecule has 0 aromatic carbocycles. The van der Waals surface area contributed by atoms with Gasteiger partial charge >= 0.3 is 17.9 Å². The van der Waals surface area contributed by atoms with Crippen molar-refractivity contribution in [1.29, 1.82) is 0 Å². The number of carbonyl (C=O) groups excluding carboxylic acids is 3. The smallest absolute Gasteiger partial charge is 0.306 e. The molecule has 0 aliphatic heterocycles. The van der Waals surface area contributed by atoms with Crippen LogP contribution in [-0.4, -0.2) is 37.2 Å². The average Bonchev–Trinajstić information content (AvgIpc) is 3.43. The van der Waals surface area contributed by atoms with Crippen molar-refractivity contribution in [2.45, 2.75) is 335 Å². The number of rotatable bonds is 60. The molecular weight excluding hydrogens is 949 g/mol. The van der Waals surface area contributed by atoms with Gasteiger partial charge in [0.25, 0.3) is 0 Å². The number of hydrogen-bond donors (Lipinski definition) is 0. The summed E-state index contributed by atoms with van der Waals surface area (Å²) in [6.07, 6.45) is 85.8. The molecule has 0 amide bonds. The topological polar surface area (TPSA) is 78.9 Å². The highest BCUT2D eigenvalue weighted by Crippen LogP contribution is 2.17. The van der Waals surface area contributed by atoms with E-state index in [4.69, 9.17) is 14.2 Å². The molecular formula is C71H124O6. The molecule has 1 atom stereocenters. The van der Waals surface area contributed by atoms with Gasteiger partial charge in [0.05, 0.1) is 0 Å². The van der Waals surface area contributed by atoms with Gasteiger partial charge in [0.2, 0.25) is 0 Å². The minimum absolute atomic E-state index is 0.0842. The molecule has 0 saturated heterocycles. The summed E-state index contributed by atoms with van der Waals surface area (Å²) in [6.45, 7) is 6.54. The van der Waals surface area contributed by atoms with Crippen LogP contribution >= 0.6 is 0 Å². The number of carbonyl (C=O) groups is 3. The number of esters is 3. The largest absolute Gasteiger partial charge is 0.462 e. The number of ether oxygens (including phenoxy) is 3. The molecule has 0 N–H and O–H groups in total. The molecule has 6 heteroatoms. The van der Waals surface area contributed by atoms with Gasteiger partial charge < -0.3 is 14.2 Å². The van der Waals surface area contributed by atoms with Crippen LogP contribution in [0, 0.1) is 0 Å². The molecule has 0 radical (unpaired) electrons. The molecule has 0 aromatic rings. The van der Waals surface area contributed by atoms with E-state index in [1.54, 1.807) is 0 Å². The van der Waals surface area contributed by atoms with E-state index < -0.39 is 6.10 Å². The van der Waals surface area contributed by atoms with Gasteiger partial charge in [-0.2, -0.15) is 0 Å². The SMILES string of the molecule is CC/C=C\C/C=C\C/C=C\C/C=C\CCCCCCCCC(=O)OC(COC(=O)CCCCCCCC/C=C\C/C=C\C/C=C\CCCCCCC)COC(=O)CCCCCCCCCCCCCCCCCCCCC. The predicted molar refractivity (Wildman–Crippen MR) is 334 cm³/mol. The van der Waals surface area contributed by atoms with Crippen molar-refractivity contribution in [2.24, 2.45) is 0 Å². The lowest BCUT2D eigenvalue weighted by atomic mass is 10.0. The van der Waals surface area contributed by atoms with Crippen molar-refractivity contribution in [3.8, 4) is 0 Å². The van der Waals surface area contributed by atoms with Gasteiger partial charge in [-0.3, -0.25) is 14.4 Å². The van der Waals surface area contributed by atoms with Crippen LogP contribution in [0.5, 0.6) is 0 Å². The molecule has 0 saturated carbocycles. The first kappa shape index (κ1) is 73.6. The Morgan fingerprint density at radius 1 is 0.273 bits per heavy atom. The van der Waals surface area contributed by atoms with Crippen molar-refractivity contribution in [3.63, 3.8) is 0 Å². The quantitative estimate of drug-likeness (QED) is 0.0261. The van der Waals surface area contributed by atoms with Crippen molar-refractivity contribution < 1.29 is 28.6 Å². The summed E-state index contributed by atoms with van der Waals surface area (Å²) in [5, 5.41) is 0. The van der Waals surface area contributed by atoms with Crippen molar-refractivity contribution in [2.75, 3.05) is 13.2 Å². The first-order valence-electron chi connectivity index (χ1n) is 33.1. The van der Waals surface area contributed by atoms with Crippen LogP contribution in [-0.2, 0) is 28.6 Å². The second-order valence-electron chi connectivity index (χ2n) is 22.0. The van der Waals surface area contributed by atoms with Gasteiger partial charge in [-0.15, -0.1) is 0 Å². The van der Waals surface area contributed by atoms with Gasteiger partial charge in [0.15, 0.2) is 6.10 Å². The van der Waals surface area contributed by atoms with Crippen LogP contribution in [0.2, 0.25) is 0 Å². The minimum Gasteiger partial charge on any atom is -0.462 e. The Kier molecular flexibility index (Phi) is 62.2. The van der Waals surface area contributed by atoms with E-state index in [0.717, 1.165) is 116 Å². The maximum atomic E-state index is 12.9. The zero-order valence-electron chi connectivity index (χ0n) is 51.0. The second kappa shape index (κ2) is 65.1. The fraction of sp³-hybridized carbons (Fsp3) is 0.761. The molecule has 0 rings (SSSR count). The molecule has 0 heterocycles. The highest BCUT2D eigenvalue weighted by atomic mass is 16.6. The van der Waals surface area contributed by atoms with E-state index in [1.807, 2.05) is 0 Å². The monoisotopic (exact) mass is 1070 g/mol. The summed E-state index contributed by atoms with van der Waals surface area (Å²) in [4.78, 5) is 38.4. The Morgan fingerprint density at radius 2 is 0.506 bits per heavy atom. The molecule has 0 fully saturated rings. The lowest BCUT2D eigenvalue weighted by molar-refractivity contribution is -0.167. The minimum atomic E-state index is -0.791. The summed E-state index contributed by atoms with van der Waals surface area (Å²) >= 11 is 0. The van der Waals surface area contributed by atoms with Gasteiger partial charge in [-0.1, -0.05) is 298 Å². The van der Waals surface area contributed by atoms with E-state index in [9.17, 15) is 14.4 Å². The first-order chi connectivity index (χ1) is 38.0. The van der Waals surface area contributed by atoms with Gasteiger partial charge in [-0.05, 0) is 96.3 Å². The van der Waals surface area contributed by atoms with Crippen LogP contribution < -0.4 is 0 Å². The molecule has 0 aromatic heterocycles. The van der Waals surface area contributed by atoms with E-state index in [1.165, 1.54) is 173 Å². The summed E-state index contributed by atoms with van der Waals surface area (Å²) in [5.41, 5.74) is 0.